The topological polar surface area (TPSA) is 58.2 Å². The number of nitrogens with one attached hydrogen (secondary N) is 2. The highest BCUT2D eigenvalue weighted by atomic mass is 16.2. The van der Waals surface area contributed by atoms with Crippen LogP contribution in [0.4, 0.5) is 11.4 Å². The van der Waals surface area contributed by atoms with Crippen molar-refractivity contribution in [2.75, 3.05) is 10.6 Å². The molecule has 0 saturated carbocycles. The van der Waals surface area contributed by atoms with Crippen LogP contribution in [0.15, 0.2) is 36.4 Å². The number of hydrogen-bond acceptors (Lipinski definition) is 2. The predicted molar refractivity (Wildman–Crippen MR) is 89.1 cm³/mol. The van der Waals surface area contributed by atoms with E-state index in [1.165, 1.54) is 0 Å². The molecule has 0 aliphatic rings. The van der Waals surface area contributed by atoms with Gasteiger partial charge in [0.25, 0.3) is 0 Å². The summed E-state index contributed by atoms with van der Waals surface area (Å²) >= 11 is 0. The van der Waals surface area contributed by atoms with Crippen molar-refractivity contribution in [1.82, 2.24) is 0 Å². The molecule has 0 spiro atoms. The third kappa shape index (κ3) is 3.73. The minimum Gasteiger partial charge on any atom is -0.318 e. The summed E-state index contributed by atoms with van der Waals surface area (Å²) in [7, 11) is 0. The van der Waals surface area contributed by atoms with Crippen molar-refractivity contribution >= 4 is 23.2 Å². The normalized spacial score (nSPS) is 10.2. The van der Waals surface area contributed by atoms with Gasteiger partial charge in [-0.15, -0.1) is 0 Å². The van der Waals surface area contributed by atoms with E-state index in [9.17, 15) is 9.59 Å². The van der Waals surface area contributed by atoms with Crippen LogP contribution in [0.1, 0.15) is 22.3 Å². The highest BCUT2D eigenvalue weighted by Crippen LogP contribution is 2.21. The van der Waals surface area contributed by atoms with E-state index in [2.05, 4.69) is 10.6 Å². The van der Waals surface area contributed by atoms with Crippen LogP contribution in [-0.2, 0) is 9.59 Å². The van der Waals surface area contributed by atoms with Crippen molar-refractivity contribution in [3.63, 3.8) is 0 Å². The first-order valence-corrected chi connectivity index (χ1v) is 7.13. The molecule has 0 radical (unpaired) electrons. The highest BCUT2D eigenvalue weighted by Gasteiger charge is 2.16. The highest BCUT2D eigenvalue weighted by molar-refractivity contribution is 6.43. The van der Waals surface area contributed by atoms with Crippen molar-refractivity contribution in [3.05, 3.63) is 58.7 Å². The monoisotopic (exact) mass is 296 g/mol. The number of anilines is 2. The molecule has 4 nitrogen and oxygen atoms in total. The van der Waals surface area contributed by atoms with Crippen LogP contribution >= 0.6 is 0 Å². The minimum absolute atomic E-state index is 0.600. The standard InChI is InChI=1S/C18H20N2O2/c1-11-5-7-15(8-6-11)19-17(21)18(22)20-16-13(3)9-12(2)10-14(16)4/h5-10H,1-4H3,(H,19,21)(H,20,22). The Labute approximate surface area is 130 Å². The van der Waals surface area contributed by atoms with Gasteiger partial charge in [0.15, 0.2) is 0 Å². The number of carbonyl (C=O) groups excluding carboxylic acids is 2. The predicted octanol–water partition coefficient (Wildman–Crippen LogP) is 3.50. The fraction of sp³-hybridized carbons (Fsp3) is 0.222. The molecule has 0 fully saturated rings. The van der Waals surface area contributed by atoms with Gasteiger partial charge in [-0.25, -0.2) is 0 Å². The third-order valence-electron chi connectivity index (χ3n) is 3.43. The summed E-state index contributed by atoms with van der Waals surface area (Å²) in [6, 6.07) is 11.2. The van der Waals surface area contributed by atoms with Gasteiger partial charge in [0.2, 0.25) is 0 Å². The van der Waals surface area contributed by atoms with Crippen LogP contribution < -0.4 is 10.6 Å². The second-order valence-electron chi connectivity index (χ2n) is 5.55. The van der Waals surface area contributed by atoms with E-state index in [-0.39, 0.29) is 0 Å². The van der Waals surface area contributed by atoms with Crippen LogP contribution in [0, 0.1) is 27.7 Å². The second-order valence-corrected chi connectivity index (χ2v) is 5.55. The Morgan fingerprint density at radius 3 is 1.77 bits per heavy atom. The van der Waals surface area contributed by atoms with Crippen molar-refractivity contribution in [2.24, 2.45) is 0 Å². The van der Waals surface area contributed by atoms with Crippen LogP contribution in [0.25, 0.3) is 0 Å². The Balaban J connectivity index is 2.09. The molecule has 4 heteroatoms. The fourth-order valence-corrected chi connectivity index (χ4v) is 2.37. The lowest BCUT2D eigenvalue weighted by Gasteiger charge is -2.12. The summed E-state index contributed by atoms with van der Waals surface area (Å²) in [5.41, 5.74) is 5.38. The van der Waals surface area contributed by atoms with Gasteiger partial charge < -0.3 is 10.6 Å². The molecule has 0 aromatic heterocycles. The molecule has 2 aromatic rings. The SMILES string of the molecule is Cc1ccc(NC(=O)C(=O)Nc2c(C)cc(C)cc2C)cc1. The first-order chi connectivity index (χ1) is 10.4. The van der Waals surface area contributed by atoms with Crippen LogP contribution in [0.3, 0.4) is 0 Å². The molecule has 114 valence electrons. The molecule has 0 aliphatic heterocycles. The summed E-state index contributed by atoms with van der Waals surface area (Å²) in [6.45, 7) is 7.78. The third-order valence-corrected chi connectivity index (χ3v) is 3.43. The maximum absolute atomic E-state index is 12.0. The first kappa shape index (κ1) is 15.8. The minimum atomic E-state index is -0.678. The number of benzene rings is 2. The van der Waals surface area contributed by atoms with E-state index < -0.39 is 11.8 Å². The maximum atomic E-state index is 12.0. The first-order valence-electron chi connectivity index (χ1n) is 7.13. The maximum Gasteiger partial charge on any atom is 0.314 e. The zero-order chi connectivity index (χ0) is 16.3. The van der Waals surface area contributed by atoms with Gasteiger partial charge in [-0.2, -0.15) is 0 Å². The van der Waals surface area contributed by atoms with Gasteiger partial charge in [-0.05, 0) is 51.0 Å². The molecule has 0 atom stereocenters. The average Bonchev–Trinajstić information content (AvgIpc) is 2.45. The molecular weight excluding hydrogens is 276 g/mol. The summed E-state index contributed by atoms with van der Waals surface area (Å²) < 4.78 is 0. The lowest BCUT2D eigenvalue weighted by molar-refractivity contribution is -0.133. The number of aryl methyl sites for hydroxylation is 4. The average molecular weight is 296 g/mol. The molecule has 0 unspecified atom stereocenters. The lowest BCUT2D eigenvalue weighted by atomic mass is 10.1. The molecule has 2 aromatic carbocycles. The van der Waals surface area contributed by atoms with Crippen LogP contribution in [0.2, 0.25) is 0 Å². The number of amides is 2. The lowest BCUT2D eigenvalue weighted by Crippen LogP contribution is -2.29. The van der Waals surface area contributed by atoms with E-state index in [4.69, 9.17) is 0 Å². The largest absolute Gasteiger partial charge is 0.318 e. The number of carbonyl (C=O) groups is 2. The van der Waals surface area contributed by atoms with Crippen molar-refractivity contribution < 1.29 is 9.59 Å². The van der Waals surface area contributed by atoms with Gasteiger partial charge in [-0.3, -0.25) is 9.59 Å². The smallest absolute Gasteiger partial charge is 0.314 e. The van der Waals surface area contributed by atoms with Crippen molar-refractivity contribution in [1.29, 1.82) is 0 Å². The Bertz CT molecular complexity index is 695. The van der Waals surface area contributed by atoms with E-state index in [0.717, 1.165) is 22.3 Å². The summed E-state index contributed by atoms with van der Waals surface area (Å²) in [6.07, 6.45) is 0. The van der Waals surface area contributed by atoms with E-state index >= 15 is 0 Å². The van der Waals surface area contributed by atoms with E-state index in [0.29, 0.717) is 11.4 Å². The molecule has 0 aliphatic carbocycles. The van der Waals surface area contributed by atoms with Gasteiger partial charge in [0.1, 0.15) is 0 Å². The molecule has 0 bridgehead atoms. The van der Waals surface area contributed by atoms with Crippen molar-refractivity contribution in [2.45, 2.75) is 27.7 Å². The number of rotatable bonds is 2. The zero-order valence-electron chi connectivity index (χ0n) is 13.3. The molecule has 2 rings (SSSR count). The van der Waals surface area contributed by atoms with E-state index in [1.807, 2.05) is 52.0 Å². The van der Waals surface area contributed by atoms with Gasteiger partial charge in [0.05, 0.1) is 0 Å². The Kier molecular flexibility index (Phi) is 4.61. The molecule has 0 saturated heterocycles. The molecule has 2 N–H and O–H groups in total. The Morgan fingerprint density at radius 2 is 1.23 bits per heavy atom. The fourth-order valence-electron chi connectivity index (χ4n) is 2.37. The summed E-state index contributed by atoms with van der Waals surface area (Å²) in [5, 5.41) is 5.27. The second kappa shape index (κ2) is 6.43. The Hall–Kier alpha value is -2.62. The Morgan fingerprint density at radius 1 is 0.727 bits per heavy atom. The van der Waals surface area contributed by atoms with Gasteiger partial charge in [-0.1, -0.05) is 35.4 Å². The zero-order valence-corrected chi connectivity index (χ0v) is 13.3. The van der Waals surface area contributed by atoms with Gasteiger partial charge in [0, 0.05) is 11.4 Å². The van der Waals surface area contributed by atoms with Crippen LogP contribution in [-0.4, -0.2) is 11.8 Å². The molecule has 22 heavy (non-hydrogen) atoms. The van der Waals surface area contributed by atoms with Crippen molar-refractivity contribution in [3.8, 4) is 0 Å². The van der Waals surface area contributed by atoms with Crippen LogP contribution in [0.5, 0.6) is 0 Å². The summed E-state index contributed by atoms with van der Waals surface area (Å²) in [5.74, 6) is -1.35. The molecular formula is C18H20N2O2. The number of hydrogen-bond donors (Lipinski definition) is 2. The van der Waals surface area contributed by atoms with E-state index in [1.54, 1.807) is 12.1 Å². The van der Waals surface area contributed by atoms with Gasteiger partial charge >= 0.3 is 11.8 Å². The molecule has 2 amide bonds. The summed E-state index contributed by atoms with van der Waals surface area (Å²) in [4.78, 5) is 24.0. The quantitative estimate of drug-likeness (QED) is 0.833. The molecule has 0 heterocycles.